The predicted molar refractivity (Wildman–Crippen MR) is 82.0 cm³/mol. The normalized spacial score (nSPS) is 20.6. The van der Waals surface area contributed by atoms with Crippen molar-refractivity contribution in [1.82, 2.24) is 10.3 Å². The van der Waals surface area contributed by atoms with Crippen LogP contribution in [-0.4, -0.2) is 53.7 Å². The maximum absolute atomic E-state index is 12.1. The van der Waals surface area contributed by atoms with Gasteiger partial charge < -0.3 is 15.3 Å². The van der Waals surface area contributed by atoms with Crippen molar-refractivity contribution in [2.75, 3.05) is 29.4 Å². The summed E-state index contributed by atoms with van der Waals surface area (Å²) in [5.74, 6) is 0.160. The molecule has 1 aromatic heterocycles. The van der Waals surface area contributed by atoms with Crippen molar-refractivity contribution < 1.29 is 14.7 Å². The zero-order valence-electron chi connectivity index (χ0n) is 12.7. The molecule has 2 aliphatic rings. The predicted octanol–water partition coefficient (Wildman–Crippen LogP) is 0.137. The van der Waals surface area contributed by atoms with Crippen molar-refractivity contribution in [1.29, 1.82) is 0 Å². The fourth-order valence-electron chi connectivity index (χ4n) is 3.07. The molecule has 2 amide bonds. The first-order valence-electron chi connectivity index (χ1n) is 7.49. The fourth-order valence-corrected chi connectivity index (χ4v) is 3.07. The molecule has 1 unspecified atom stereocenters. The van der Waals surface area contributed by atoms with Crippen molar-refractivity contribution in [3.05, 3.63) is 17.8 Å². The first-order chi connectivity index (χ1) is 10.5. The maximum atomic E-state index is 12.1. The van der Waals surface area contributed by atoms with Gasteiger partial charge in [-0.15, -0.1) is 0 Å². The number of nitrogens with zero attached hydrogens (tertiary/aromatic N) is 3. The molecule has 0 spiro atoms. The molecule has 1 saturated heterocycles. The van der Waals surface area contributed by atoms with Gasteiger partial charge in [0.05, 0.1) is 17.8 Å². The number of aromatic nitrogens is 1. The molecule has 2 N–H and O–H groups in total. The number of hydrogen-bond donors (Lipinski definition) is 2. The Kier molecular flexibility index (Phi) is 3.74. The number of amides is 2. The topological polar surface area (TPSA) is 85.8 Å². The summed E-state index contributed by atoms with van der Waals surface area (Å²) >= 11 is 0. The number of pyridine rings is 1. The molecule has 0 aliphatic carbocycles. The number of aliphatic hydroxyl groups is 1. The van der Waals surface area contributed by atoms with Crippen LogP contribution in [0.3, 0.4) is 0 Å². The number of carbonyl (C=O) groups excluding carboxylic acids is 2. The van der Waals surface area contributed by atoms with Crippen molar-refractivity contribution >= 4 is 23.3 Å². The number of carbonyl (C=O) groups is 2. The van der Waals surface area contributed by atoms with E-state index in [2.05, 4.69) is 15.2 Å². The van der Waals surface area contributed by atoms with Gasteiger partial charge in [0.15, 0.2) is 5.82 Å². The molecule has 22 heavy (non-hydrogen) atoms. The van der Waals surface area contributed by atoms with Crippen LogP contribution in [0.5, 0.6) is 0 Å². The largest absolute Gasteiger partial charge is 0.392 e. The Hall–Kier alpha value is -2.15. The van der Waals surface area contributed by atoms with Gasteiger partial charge in [-0.25, -0.2) is 4.98 Å². The van der Waals surface area contributed by atoms with Crippen molar-refractivity contribution in [3.63, 3.8) is 0 Å². The van der Waals surface area contributed by atoms with Crippen LogP contribution in [0.4, 0.5) is 11.5 Å². The summed E-state index contributed by atoms with van der Waals surface area (Å²) in [6, 6.07) is 3.64. The van der Waals surface area contributed by atoms with E-state index < -0.39 is 6.10 Å². The second kappa shape index (κ2) is 5.57. The average Bonchev–Trinajstić information content (AvgIpc) is 2.88. The van der Waals surface area contributed by atoms with Gasteiger partial charge in [0.2, 0.25) is 5.91 Å². The molecule has 0 radical (unpaired) electrons. The quantitative estimate of drug-likeness (QED) is 0.829. The lowest BCUT2D eigenvalue weighted by molar-refractivity contribution is -0.117. The van der Waals surface area contributed by atoms with Gasteiger partial charge in [-0.2, -0.15) is 0 Å². The molecule has 1 aromatic rings. The molecule has 2 bridgehead atoms. The Balaban J connectivity index is 1.92. The number of fused-ring (bicyclic) bond motifs is 4. The van der Waals surface area contributed by atoms with E-state index in [1.807, 2.05) is 6.07 Å². The van der Waals surface area contributed by atoms with Crippen molar-refractivity contribution in [2.24, 2.45) is 0 Å². The molecule has 118 valence electrons. The molecule has 0 aromatic carbocycles. The zero-order valence-corrected chi connectivity index (χ0v) is 12.7. The van der Waals surface area contributed by atoms with E-state index in [1.54, 1.807) is 17.9 Å². The van der Waals surface area contributed by atoms with Crippen molar-refractivity contribution in [2.45, 2.75) is 32.4 Å². The van der Waals surface area contributed by atoms with Gasteiger partial charge in [0.1, 0.15) is 5.69 Å². The van der Waals surface area contributed by atoms with E-state index in [0.717, 1.165) is 25.2 Å². The van der Waals surface area contributed by atoms with E-state index in [4.69, 9.17) is 0 Å². The molecule has 3 rings (SSSR count). The number of anilines is 2. The van der Waals surface area contributed by atoms with Crippen LogP contribution in [0.15, 0.2) is 12.1 Å². The number of rotatable bonds is 3. The Bertz CT molecular complexity index is 617. The van der Waals surface area contributed by atoms with E-state index in [9.17, 15) is 14.7 Å². The zero-order chi connectivity index (χ0) is 15.9. The third kappa shape index (κ3) is 2.52. The van der Waals surface area contributed by atoms with Crippen LogP contribution in [0.25, 0.3) is 0 Å². The summed E-state index contributed by atoms with van der Waals surface area (Å²) in [6.07, 6.45) is 0.303. The number of nitrogens with one attached hydrogen (secondary N) is 1. The standard InChI is InChI=1S/C15H20N4O3/c1-9(20)7-16-15(22)12-3-4-13-14(17-12)19(10(2)21)11-5-6-18(13)8-11/h3-4,9,11,20H,5-8H2,1-2H3,(H,16,22)/t9-,11?/m1/s1. The Labute approximate surface area is 128 Å². The first-order valence-corrected chi connectivity index (χ1v) is 7.49. The fraction of sp³-hybridized carbons (Fsp3) is 0.533. The summed E-state index contributed by atoms with van der Waals surface area (Å²) < 4.78 is 0. The highest BCUT2D eigenvalue weighted by molar-refractivity contribution is 5.98. The van der Waals surface area contributed by atoms with Crippen molar-refractivity contribution in [3.8, 4) is 0 Å². The Morgan fingerprint density at radius 1 is 1.50 bits per heavy atom. The van der Waals surface area contributed by atoms with Crippen LogP contribution in [0.2, 0.25) is 0 Å². The number of hydrogen-bond acceptors (Lipinski definition) is 5. The van der Waals surface area contributed by atoms with Crippen LogP contribution in [-0.2, 0) is 4.79 Å². The highest BCUT2D eigenvalue weighted by Crippen LogP contribution is 2.38. The monoisotopic (exact) mass is 304 g/mol. The molecule has 7 nitrogen and oxygen atoms in total. The molecule has 3 heterocycles. The van der Waals surface area contributed by atoms with Crippen LogP contribution in [0.1, 0.15) is 30.8 Å². The minimum atomic E-state index is -0.614. The highest BCUT2D eigenvalue weighted by atomic mass is 16.3. The molecule has 1 fully saturated rings. The lowest BCUT2D eigenvalue weighted by Gasteiger charge is -2.35. The molecule has 7 heteroatoms. The van der Waals surface area contributed by atoms with E-state index in [0.29, 0.717) is 5.82 Å². The second-order valence-corrected chi connectivity index (χ2v) is 5.88. The third-order valence-corrected chi connectivity index (χ3v) is 4.08. The third-order valence-electron chi connectivity index (χ3n) is 4.08. The van der Waals surface area contributed by atoms with Crippen LogP contribution >= 0.6 is 0 Å². The highest BCUT2D eigenvalue weighted by Gasteiger charge is 2.39. The Morgan fingerprint density at radius 3 is 2.95 bits per heavy atom. The lowest BCUT2D eigenvalue weighted by Crippen LogP contribution is -2.45. The summed E-state index contributed by atoms with van der Waals surface area (Å²) in [7, 11) is 0. The first kappa shape index (κ1) is 14.8. The minimum Gasteiger partial charge on any atom is -0.392 e. The van der Waals surface area contributed by atoms with Gasteiger partial charge in [-0.3, -0.25) is 14.5 Å². The van der Waals surface area contributed by atoms with Gasteiger partial charge in [0.25, 0.3) is 5.91 Å². The summed E-state index contributed by atoms with van der Waals surface area (Å²) in [5, 5.41) is 11.9. The Morgan fingerprint density at radius 2 is 2.27 bits per heavy atom. The molecule has 0 saturated carbocycles. The SMILES string of the molecule is CC(=O)N1c2nc(C(=O)NC[C@@H](C)O)ccc2N2CCC1C2. The van der Waals surface area contributed by atoms with Gasteiger partial charge in [-0.1, -0.05) is 0 Å². The maximum Gasteiger partial charge on any atom is 0.270 e. The molecular formula is C15H20N4O3. The molecule has 2 aliphatic heterocycles. The van der Waals surface area contributed by atoms with E-state index >= 15 is 0 Å². The average molecular weight is 304 g/mol. The van der Waals surface area contributed by atoms with Gasteiger partial charge in [-0.05, 0) is 25.5 Å². The molecule has 2 atom stereocenters. The van der Waals surface area contributed by atoms with Gasteiger partial charge in [0, 0.05) is 26.6 Å². The smallest absolute Gasteiger partial charge is 0.270 e. The lowest BCUT2D eigenvalue weighted by atomic mass is 10.1. The summed E-state index contributed by atoms with van der Waals surface area (Å²) in [6.45, 7) is 5.02. The summed E-state index contributed by atoms with van der Waals surface area (Å²) in [5.41, 5.74) is 1.16. The number of aliphatic hydroxyl groups excluding tert-OH is 1. The summed E-state index contributed by atoms with van der Waals surface area (Å²) in [4.78, 5) is 32.4. The van der Waals surface area contributed by atoms with E-state index in [-0.39, 0.29) is 30.1 Å². The van der Waals surface area contributed by atoms with Crippen LogP contribution in [0, 0.1) is 0 Å². The molecular weight excluding hydrogens is 284 g/mol. The minimum absolute atomic E-state index is 0.0539. The second-order valence-electron chi connectivity index (χ2n) is 5.88. The van der Waals surface area contributed by atoms with Crippen LogP contribution < -0.4 is 15.1 Å². The van der Waals surface area contributed by atoms with Gasteiger partial charge >= 0.3 is 0 Å². The van der Waals surface area contributed by atoms with E-state index in [1.165, 1.54) is 6.92 Å².